The number of benzene rings is 1. The van der Waals surface area contributed by atoms with Crippen LogP contribution in [0, 0.1) is 0 Å². The molecule has 0 fully saturated rings. The number of nitrogens with zero attached hydrogens (tertiary/aromatic N) is 1. The first-order valence-corrected chi connectivity index (χ1v) is 5.79. The van der Waals surface area contributed by atoms with E-state index >= 15 is 0 Å². The van der Waals surface area contributed by atoms with E-state index in [-0.39, 0.29) is 23.1 Å². The van der Waals surface area contributed by atoms with Crippen LogP contribution >= 0.6 is 11.6 Å². The van der Waals surface area contributed by atoms with Gasteiger partial charge in [0, 0.05) is 13.6 Å². The number of carbonyl (C=O) groups is 2. The summed E-state index contributed by atoms with van der Waals surface area (Å²) >= 11 is 5.79. The molecule has 0 heterocycles. The third-order valence-electron chi connectivity index (χ3n) is 2.46. The normalized spacial score (nSPS) is 9.94. The molecule has 0 aliphatic heterocycles. The molecule has 0 spiro atoms. The van der Waals surface area contributed by atoms with Gasteiger partial charge in [0.2, 0.25) is 0 Å². The third kappa shape index (κ3) is 3.63. The van der Waals surface area contributed by atoms with E-state index in [4.69, 9.17) is 22.1 Å². The van der Waals surface area contributed by atoms with Crippen LogP contribution in [-0.4, -0.2) is 37.0 Å². The molecule has 1 rings (SSSR count). The summed E-state index contributed by atoms with van der Waals surface area (Å²) in [5, 5.41) is 0.279. The summed E-state index contributed by atoms with van der Waals surface area (Å²) < 4.78 is 4.88. The fourth-order valence-electron chi connectivity index (χ4n) is 1.15. The first-order valence-electron chi connectivity index (χ1n) is 5.41. The van der Waals surface area contributed by atoms with Crippen molar-refractivity contribution in [2.45, 2.75) is 6.92 Å². The molecular weight excluding hydrogens is 256 g/mol. The number of esters is 1. The van der Waals surface area contributed by atoms with Gasteiger partial charge in [-0.05, 0) is 25.1 Å². The summed E-state index contributed by atoms with van der Waals surface area (Å²) in [5.41, 5.74) is 6.17. The maximum atomic E-state index is 11.6. The highest BCUT2D eigenvalue weighted by Gasteiger charge is 2.13. The minimum Gasteiger partial charge on any atom is -0.452 e. The fourth-order valence-corrected chi connectivity index (χ4v) is 1.33. The Morgan fingerprint density at radius 3 is 2.67 bits per heavy atom. The van der Waals surface area contributed by atoms with Crippen LogP contribution in [0.1, 0.15) is 17.3 Å². The molecule has 1 amide bonds. The Morgan fingerprint density at radius 2 is 2.11 bits per heavy atom. The summed E-state index contributed by atoms with van der Waals surface area (Å²) in [7, 11) is 1.64. The molecule has 6 heteroatoms. The molecule has 5 nitrogen and oxygen atoms in total. The van der Waals surface area contributed by atoms with Crippen molar-refractivity contribution in [1.29, 1.82) is 0 Å². The number of rotatable bonds is 4. The average molecular weight is 271 g/mol. The van der Waals surface area contributed by atoms with Crippen LogP contribution in [0.3, 0.4) is 0 Å². The van der Waals surface area contributed by atoms with Crippen LogP contribution in [0.2, 0.25) is 5.02 Å². The molecule has 0 bridgehead atoms. The van der Waals surface area contributed by atoms with Gasteiger partial charge in [-0.3, -0.25) is 4.79 Å². The maximum Gasteiger partial charge on any atom is 0.338 e. The third-order valence-corrected chi connectivity index (χ3v) is 2.79. The van der Waals surface area contributed by atoms with Crippen molar-refractivity contribution < 1.29 is 14.3 Å². The average Bonchev–Trinajstić information content (AvgIpc) is 2.37. The van der Waals surface area contributed by atoms with E-state index < -0.39 is 5.97 Å². The Morgan fingerprint density at radius 1 is 1.44 bits per heavy atom. The Hall–Kier alpha value is -1.75. The second-order valence-electron chi connectivity index (χ2n) is 3.72. The minimum absolute atomic E-state index is 0.257. The maximum absolute atomic E-state index is 11.6. The molecule has 1 aromatic rings. The molecule has 2 N–H and O–H groups in total. The van der Waals surface area contributed by atoms with Crippen molar-refractivity contribution in [3.8, 4) is 0 Å². The Labute approximate surface area is 110 Å². The van der Waals surface area contributed by atoms with Gasteiger partial charge in [0.1, 0.15) is 0 Å². The zero-order chi connectivity index (χ0) is 13.7. The van der Waals surface area contributed by atoms with Crippen LogP contribution in [-0.2, 0) is 9.53 Å². The minimum atomic E-state index is -0.602. The second kappa shape index (κ2) is 6.26. The molecule has 0 aliphatic rings. The van der Waals surface area contributed by atoms with Crippen LogP contribution in [0.15, 0.2) is 18.2 Å². The lowest BCUT2D eigenvalue weighted by molar-refractivity contribution is -0.133. The number of carbonyl (C=O) groups excluding carboxylic acids is 2. The van der Waals surface area contributed by atoms with Crippen molar-refractivity contribution in [1.82, 2.24) is 4.90 Å². The smallest absolute Gasteiger partial charge is 0.338 e. The fraction of sp³-hybridized carbons (Fsp3) is 0.333. The van der Waals surface area contributed by atoms with Gasteiger partial charge in [0.25, 0.3) is 5.91 Å². The Balaban J connectivity index is 2.60. The molecule has 0 saturated heterocycles. The van der Waals surface area contributed by atoms with E-state index in [1.54, 1.807) is 7.05 Å². The lowest BCUT2D eigenvalue weighted by Crippen LogP contribution is -2.30. The van der Waals surface area contributed by atoms with Crippen molar-refractivity contribution >= 4 is 29.2 Å². The highest BCUT2D eigenvalue weighted by Crippen LogP contribution is 2.20. The summed E-state index contributed by atoms with van der Waals surface area (Å²) in [6, 6.07) is 4.42. The predicted octanol–water partition coefficient (Wildman–Crippen LogP) is 1.56. The Bertz CT molecular complexity index is 463. The number of nitrogen functional groups attached to an aromatic ring is 1. The van der Waals surface area contributed by atoms with Gasteiger partial charge < -0.3 is 15.4 Å². The van der Waals surface area contributed by atoms with E-state index in [1.165, 1.54) is 23.1 Å². The topological polar surface area (TPSA) is 72.6 Å². The van der Waals surface area contributed by atoms with Crippen LogP contribution in [0.25, 0.3) is 0 Å². The van der Waals surface area contributed by atoms with Crippen molar-refractivity contribution in [2.75, 3.05) is 25.9 Å². The lowest BCUT2D eigenvalue weighted by atomic mass is 10.2. The monoisotopic (exact) mass is 270 g/mol. The highest BCUT2D eigenvalue weighted by molar-refractivity contribution is 6.33. The van der Waals surface area contributed by atoms with E-state index in [9.17, 15) is 9.59 Å². The van der Waals surface area contributed by atoms with Crippen molar-refractivity contribution in [3.05, 3.63) is 28.8 Å². The first-order chi connectivity index (χ1) is 8.45. The number of hydrogen-bond acceptors (Lipinski definition) is 4. The lowest BCUT2D eigenvalue weighted by Gasteiger charge is -2.14. The van der Waals surface area contributed by atoms with Crippen LogP contribution < -0.4 is 5.73 Å². The van der Waals surface area contributed by atoms with Gasteiger partial charge in [-0.15, -0.1) is 0 Å². The molecule has 0 aromatic heterocycles. The quantitative estimate of drug-likeness (QED) is 0.666. The van der Waals surface area contributed by atoms with E-state index in [1.807, 2.05) is 6.92 Å². The van der Waals surface area contributed by atoms with Crippen molar-refractivity contribution in [2.24, 2.45) is 0 Å². The molecule has 0 aliphatic carbocycles. The largest absolute Gasteiger partial charge is 0.452 e. The van der Waals surface area contributed by atoms with Gasteiger partial charge in [-0.2, -0.15) is 0 Å². The first kappa shape index (κ1) is 14.3. The summed E-state index contributed by atoms with van der Waals surface area (Å²) in [6.45, 7) is 2.11. The molecule has 0 radical (unpaired) electrons. The standard InChI is InChI=1S/C12H15ClN2O3/c1-3-15(2)11(16)7-18-12(17)8-4-5-10(14)9(13)6-8/h4-6H,3,7,14H2,1-2H3. The summed E-state index contributed by atoms with van der Waals surface area (Å²) in [6.07, 6.45) is 0. The molecule has 0 saturated carbocycles. The Kier molecular flexibility index (Phi) is 4.97. The SMILES string of the molecule is CCN(C)C(=O)COC(=O)c1ccc(N)c(Cl)c1. The number of halogens is 1. The zero-order valence-corrected chi connectivity index (χ0v) is 11.0. The van der Waals surface area contributed by atoms with Gasteiger partial charge >= 0.3 is 5.97 Å². The van der Waals surface area contributed by atoms with Gasteiger partial charge in [-0.1, -0.05) is 11.6 Å². The van der Waals surface area contributed by atoms with E-state index in [2.05, 4.69) is 0 Å². The van der Waals surface area contributed by atoms with Gasteiger partial charge in [0.15, 0.2) is 6.61 Å². The van der Waals surface area contributed by atoms with Crippen LogP contribution in [0.5, 0.6) is 0 Å². The summed E-state index contributed by atoms with van der Waals surface area (Å²) in [5.74, 6) is -0.859. The van der Waals surface area contributed by atoms with Crippen LogP contribution in [0.4, 0.5) is 5.69 Å². The number of hydrogen-bond donors (Lipinski definition) is 1. The summed E-state index contributed by atoms with van der Waals surface area (Å²) in [4.78, 5) is 24.5. The highest BCUT2D eigenvalue weighted by atomic mass is 35.5. The van der Waals surface area contributed by atoms with Gasteiger partial charge in [0.05, 0.1) is 16.3 Å². The number of amides is 1. The molecular formula is C12H15ClN2O3. The number of likely N-dealkylation sites (N-methyl/N-ethyl adjacent to an activating group) is 1. The van der Waals surface area contributed by atoms with Gasteiger partial charge in [-0.25, -0.2) is 4.79 Å². The number of ether oxygens (including phenoxy) is 1. The molecule has 0 atom stereocenters. The predicted molar refractivity (Wildman–Crippen MR) is 69.5 cm³/mol. The zero-order valence-electron chi connectivity index (χ0n) is 10.3. The molecule has 0 unspecified atom stereocenters. The molecule has 18 heavy (non-hydrogen) atoms. The molecule has 98 valence electrons. The second-order valence-corrected chi connectivity index (χ2v) is 4.13. The van der Waals surface area contributed by atoms with Crippen molar-refractivity contribution in [3.63, 3.8) is 0 Å². The molecule has 1 aromatic carbocycles. The van der Waals surface area contributed by atoms with E-state index in [0.717, 1.165) is 0 Å². The number of anilines is 1. The number of nitrogens with two attached hydrogens (primary N) is 1. The van der Waals surface area contributed by atoms with E-state index in [0.29, 0.717) is 12.2 Å².